The molecule has 0 radical (unpaired) electrons. The number of rotatable bonds is 12. The van der Waals surface area contributed by atoms with Gasteiger partial charge in [0.15, 0.2) is 11.5 Å². The normalized spacial score (nSPS) is 11.8. The predicted molar refractivity (Wildman–Crippen MR) is 164 cm³/mol. The SMILES string of the molecule is C=C(CCC(=O)CCC)C(=O)c1cccc2cc(C(=O)Nc3cc(C(C)(C)C)cc(NS(C)(=O)=O)c3OC)n(C)c12. The number of aryl methyl sites for hydroxylation is 1. The highest BCUT2D eigenvalue weighted by Gasteiger charge is 2.25. The molecule has 0 bridgehead atoms. The number of ether oxygens (including phenoxy) is 1. The van der Waals surface area contributed by atoms with Gasteiger partial charge in [0.05, 0.1) is 30.3 Å². The number of ketones is 2. The van der Waals surface area contributed by atoms with E-state index >= 15 is 0 Å². The van der Waals surface area contributed by atoms with Gasteiger partial charge in [0.1, 0.15) is 11.5 Å². The lowest BCUT2D eigenvalue weighted by Crippen LogP contribution is -2.19. The number of fused-ring (bicyclic) bond motifs is 1. The number of allylic oxidation sites excluding steroid dienone is 1. The number of Topliss-reactive ketones (excluding diaryl/α,β-unsaturated/α-hetero) is 2. The average Bonchev–Trinajstić information content (AvgIpc) is 3.22. The van der Waals surface area contributed by atoms with Crippen LogP contribution in [-0.4, -0.2) is 43.8 Å². The predicted octanol–water partition coefficient (Wildman–Crippen LogP) is 6.00. The van der Waals surface area contributed by atoms with Gasteiger partial charge in [-0.2, -0.15) is 0 Å². The zero-order chi connectivity index (χ0) is 30.7. The van der Waals surface area contributed by atoms with Crippen LogP contribution in [0.25, 0.3) is 10.9 Å². The Morgan fingerprint density at radius 3 is 2.27 bits per heavy atom. The van der Waals surface area contributed by atoms with E-state index in [-0.39, 0.29) is 47.0 Å². The minimum Gasteiger partial charge on any atom is -0.492 e. The van der Waals surface area contributed by atoms with Crippen LogP contribution >= 0.6 is 0 Å². The summed E-state index contributed by atoms with van der Waals surface area (Å²) < 4.78 is 33.8. The topological polar surface area (TPSA) is 124 Å². The van der Waals surface area contributed by atoms with E-state index in [0.717, 1.165) is 18.2 Å². The number of amides is 1. The highest BCUT2D eigenvalue weighted by Crippen LogP contribution is 2.39. The third kappa shape index (κ3) is 7.43. The number of aromatic nitrogens is 1. The summed E-state index contributed by atoms with van der Waals surface area (Å²) in [6.07, 6.45) is 2.82. The summed E-state index contributed by atoms with van der Waals surface area (Å²) >= 11 is 0. The molecule has 1 amide bonds. The first-order valence-electron chi connectivity index (χ1n) is 13.4. The summed E-state index contributed by atoms with van der Waals surface area (Å²) in [6.45, 7) is 11.8. The Balaban J connectivity index is 2.01. The van der Waals surface area contributed by atoms with Gasteiger partial charge in [-0.05, 0) is 53.7 Å². The number of sulfonamides is 1. The minimum atomic E-state index is -3.63. The number of carbonyl (C=O) groups excluding carboxylic acids is 3. The lowest BCUT2D eigenvalue weighted by Gasteiger charge is -2.24. The quantitative estimate of drug-likeness (QED) is 0.200. The van der Waals surface area contributed by atoms with E-state index in [0.29, 0.717) is 34.1 Å². The number of benzene rings is 2. The van der Waals surface area contributed by atoms with E-state index in [1.165, 1.54) is 7.11 Å². The minimum absolute atomic E-state index is 0.0957. The summed E-state index contributed by atoms with van der Waals surface area (Å²) in [5, 5.41) is 3.56. The molecule has 3 aromatic rings. The fourth-order valence-corrected chi connectivity index (χ4v) is 5.20. The van der Waals surface area contributed by atoms with Crippen LogP contribution in [-0.2, 0) is 27.3 Å². The van der Waals surface area contributed by atoms with Crippen LogP contribution in [0.15, 0.2) is 48.6 Å². The van der Waals surface area contributed by atoms with Crippen molar-refractivity contribution in [1.29, 1.82) is 0 Å². The van der Waals surface area contributed by atoms with Gasteiger partial charge in [-0.15, -0.1) is 0 Å². The maximum atomic E-state index is 13.6. The summed E-state index contributed by atoms with van der Waals surface area (Å²) in [4.78, 5) is 38.9. The number of carbonyl (C=O) groups is 3. The summed E-state index contributed by atoms with van der Waals surface area (Å²) in [6, 6.07) is 10.4. The van der Waals surface area contributed by atoms with E-state index in [2.05, 4.69) is 16.6 Å². The van der Waals surface area contributed by atoms with Crippen LogP contribution in [0.3, 0.4) is 0 Å². The standard InChI is InChI=1S/C31H39N3O6S/c1-9-11-22(35)15-14-19(2)28(36)23-13-10-12-20-16-26(34(6)27(20)23)30(37)32-24-17-21(31(3,4)5)18-25(29(24)40-7)33-41(8,38)39/h10,12-13,16-18,33H,2,9,11,14-15H2,1,3-8H3,(H,32,37). The van der Waals surface area contributed by atoms with Crippen LogP contribution in [0.2, 0.25) is 0 Å². The van der Waals surface area contributed by atoms with Crippen molar-refractivity contribution in [3.05, 3.63) is 65.4 Å². The molecule has 0 unspecified atom stereocenters. The molecule has 2 N–H and O–H groups in total. The third-order valence-electron chi connectivity index (χ3n) is 6.79. The molecule has 0 aliphatic rings. The third-order valence-corrected chi connectivity index (χ3v) is 7.38. The number of hydrogen-bond donors (Lipinski definition) is 2. The number of anilines is 2. The number of para-hydroxylation sites is 1. The first kappa shape index (κ1) is 31.6. The molecule has 0 aliphatic heterocycles. The molecule has 0 spiro atoms. The maximum Gasteiger partial charge on any atom is 0.272 e. The Morgan fingerprint density at radius 1 is 1.02 bits per heavy atom. The number of methoxy groups -OCH3 is 1. The Kier molecular flexibility index (Phi) is 9.48. The van der Waals surface area contributed by atoms with Crippen molar-refractivity contribution >= 4 is 49.8 Å². The van der Waals surface area contributed by atoms with E-state index in [4.69, 9.17) is 4.74 Å². The molecule has 1 heterocycles. The molecule has 0 fully saturated rings. The van der Waals surface area contributed by atoms with E-state index in [9.17, 15) is 22.8 Å². The smallest absolute Gasteiger partial charge is 0.272 e. The highest BCUT2D eigenvalue weighted by atomic mass is 32.2. The van der Waals surface area contributed by atoms with E-state index in [1.807, 2.05) is 33.8 Å². The molecule has 3 rings (SSSR count). The van der Waals surface area contributed by atoms with Crippen LogP contribution in [0, 0.1) is 0 Å². The Morgan fingerprint density at radius 2 is 1.68 bits per heavy atom. The molecule has 9 nitrogen and oxygen atoms in total. The van der Waals surface area contributed by atoms with Gasteiger partial charge < -0.3 is 14.6 Å². The fourth-order valence-electron chi connectivity index (χ4n) is 4.65. The second kappa shape index (κ2) is 12.3. The second-order valence-corrected chi connectivity index (χ2v) is 13.0. The van der Waals surface area contributed by atoms with Gasteiger partial charge in [-0.1, -0.05) is 46.4 Å². The van der Waals surface area contributed by atoms with E-state index < -0.39 is 15.9 Å². The van der Waals surface area contributed by atoms with Crippen LogP contribution in [0.4, 0.5) is 11.4 Å². The van der Waals surface area contributed by atoms with Crippen molar-refractivity contribution in [2.45, 2.75) is 58.8 Å². The molecular formula is C31H39N3O6S. The van der Waals surface area contributed by atoms with Gasteiger partial charge in [-0.3, -0.25) is 19.1 Å². The maximum absolute atomic E-state index is 13.6. The van der Waals surface area contributed by atoms with Crippen LogP contribution < -0.4 is 14.8 Å². The fraction of sp³-hybridized carbons (Fsp3) is 0.387. The van der Waals surface area contributed by atoms with Crippen molar-refractivity contribution in [1.82, 2.24) is 4.57 Å². The zero-order valence-corrected chi connectivity index (χ0v) is 25.6. The zero-order valence-electron chi connectivity index (χ0n) is 24.8. The molecule has 0 saturated heterocycles. The van der Waals surface area contributed by atoms with Crippen molar-refractivity contribution in [2.24, 2.45) is 7.05 Å². The Hall–Kier alpha value is -3.92. The van der Waals surface area contributed by atoms with Crippen LogP contribution in [0.1, 0.15) is 79.8 Å². The average molecular weight is 582 g/mol. The van der Waals surface area contributed by atoms with Crippen molar-refractivity contribution in [2.75, 3.05) is 23.4 Å². The molecule has 0 aliphatic carbocycles. The Labute approximate surface area is 242 Å². The summed E-state index contributed by atoms with van der Waals surface area (Å²) in [5.74, 6) is -0.483. The van der Waals surface area contributed by atoms with Gasteiger partial charge in [0.2, 0.25) is 10.0 Å². The summed E-state index contributed by atoms with van der Waals surface area (Å²) in [7, 11) is -0.539. The van der Waals surface area contributed by atoms with Crippen molar-refractivity contribution < 1.29 is 27.5 Å². The lowest BCUT2D eigenvalue weighted by atomic mass is 9.86. The first-order chi connectivity index (χ1) is 19.1. The van der Waals surface area contributed by atoms with Crippen LogP contribution in [0.5, 0.6) is 5.75 Å². The first-order valence-corrected chi connectivity index (χ1v) is 15.3. The molecular weight excluding hydrogens is 542 g/mol. The molecule has 2 aromatic carbocycles. The highest BCUT2D eigenvalue weighted by molar-refractivity contribution is 7.92. The Bertz CT molecular complexity index is 1630. The molecule has 0 atom stereocenters. The molecule has 1 aromatic heterocycles. The molecule has 10 heteroatoms. The molecule has 41 heavy (non-hydrogen) atoms. The van der Waals surface area contributed by atoms with Gasteiger partial charge in [0.25, 0.3) is 5.91 Å². The lowest BCUT2D eigenvalue weighted by molar-refractivity contribution is -0.119. The van der Waals surface area contributed by atoms with Gasteiger partial charge >= 0.3 is 0 Å². The molecule has 0 saturated carbocycles. The van der Waals surface area contributed by atoms with Crippen molar-refractivity contribution in [3.8, 4) is 5.75 Å². The number of hydrogen-bond acceptors (Lipinski definition) is 6. The van der Waals surface area contributed by atoms with Crippen molar-refractivity contribution in [3.63, 3.8) is 0 Å². The van der Waals surface area contributed by atoms with Gasteiger partial charge in [0, 0.05) is 30.8 Å². The molecule has 220 valence electrons. The summed E-state index contributed by atoms with van der Waals surface area (Å²) in [5.41, 5.74) is 2.50. The largest absolute Gasteiger partial charge is 0.492 e. The van der Waals surface area contributed by atoms with E-state index in [1.54, 1.807) is 41.9 Å². The van der Waals surface area contributed by atoms with Gasteiger partial charge in [-0.25, -0.2) is 8.42 Å². The number of nitrogens with one attached hydrogen (secondary N) is 2. The monoisotopic (exact) mass is 581 g/mol. The number of nitrogens with zero attached hydrogens (tertiary/aromatic N) is 1. The second-order valence-electron chi connectivity index (χ2n) is 11.2.